The maximum Gasteiger partial charge on any atom is 0.317 e. The van der Waals surface area contributed by atoms with E-state index < -0.39 is 0 Å². The van der Waals surface area contributed by atoms with Crippen LogP contribution in [-0.4, -0.2) is 45.7 Å². The first-order valence-corrected chi connectivity index (χ1v) is 8.78. The molecule has 1 atom stereocenters. The van der Waals surface area contributed by atoms with Gasteiger partial charge in [-0.1, -0.05) is 43.7 Å². The summed E-state index contributed by atoms with van der Waals surface area (Å²) in [6.45, 7) is 4.38. The summed E-state index contributed by atoms with van der Waals surface area (Å²) in [5.74, 6) is 1.82. The molecule has 3 rings (SSSR count). The van der Waals surface area contributed by atoms with E-state index in [4.69, 9.17) is 0 Å². The summed E-state index contributed by atoms with van der Waals surface area (Å²) in [6.07, 6.45) is 4.13. The summed E-state index contributed by atoms with van der Waals surface area (Å²) >= 11 is 0. The molecule has 2 aromatic rings. The molecule has 2 heterocycles. The van der Waals surface area contributed by atoms with Crippen molar-refractivity contribution >= 4 is 6.03 Å². The smallest absolute Gasteiger partial charge is 0.317 e. The summed E-state index contributed by atoms with van der Waals surface area (Å²) in [7, 11) is 0. The standard InChI is InChI=1S/C18H25N5O/c1-2-3-11-19-18(24)23-12-7-10-15(13-23)17-20-16(21-22-17)14-8-5-4-6-9-14/h4-6,8-9,15H,2-3,7,10-13H2,1H3,(H,19,24)(H,20,21,22). The minimum absolute atomic E-state index is 0.0379. The van der Waals surface area contributed by atoms with Crippen LogP contribution in [0.1, 0.15) is 44.3 Å². The number of amides is 2. The average Bonchev–Trinajstić information content (AvgIpc) is 3.13. The van der Waals surface area contributed by atoms with Crippen LogP contribution in [0.15, 0.2) is 30.3 Å². The van der Waals surface area contributed by atoms with Crippen LogP contribution in [-0.2, 0) is 0 Å². The molecule has 1 saturated heterocycles. The van der Waals surface area contributed by atoms with Crippen LogP contribution in [0.3, 0.4) is 0 Å². The first kappa shape index (κ1) is 16.5. The number of unbranched alkanes of at least 4 members (excludes halogenated alkanes) is 1. The van der Waals surface area contributed by atoms with E-state index in [1.807, 2.05) is 35.2 Å². The maximum absolute atomic E-state index is 12.2. The van der Waals surface area contributed by atoms with Gasteiger partial charge in [0.05, 0.1) is 0 Å². The largest absolute Gasteiger partial charge is 0.338 e. The number of carbonyl (C=O) groups is 1. The Hall–Kier alpha value is -2.37. The van der Waals surface area contributed by atoms with Gasteiger partial charge >= 0.3 is 6.03 Å². The van der Waals surface area contributed by atoms with Crippen LogP contribution < -0.4 is 5.32 Å². The van der Waals surface area contributed by atoms with E-state index in [9.17, 15) is 4.79 Å². The number of aromatic nitrogens is 3. The van der Waals surface area contributed by atoms with Crippen LogP contribution in [0, 0.1) is 0 Å². The number of urea groups is 1. The minimum Gasteiger partial charge on any atom is -0.338 e. The first-order valence-electron chi connectivity index (χ1n) is 8.78. The maximum atomic E-state index is 12.2. The summed E-state index contributed by atoms with van der Waals surface area (Å²) in [5, 5.41) is 10.4. The van der Waals surface area contributed by atoms with Crippen LogP contribution >= 0.6 is 0 Å². The first-order chi connectivity index (χ1) is 11.8. The van der Waals surface area contributed by atoms with Crippen molar-refractivity contribution < 1.29 is 4.79 Å². The second kappa shape index (κ2) is 7.95. The number of hydrogen-bond donors (Lipinski definition) is 2. The molecular weight excluding hydrogens is 302 g/mol. The summed E-state index contributed by atoms with van der Waals surface area (Å²) in [4.78, 5) is 18.8. The second-order valence-corrected chi connectivity index (χ2v) is 6.28. The van der Waals surface area contributed by atoms with Gasteiger partial charge in [-0.15, -0.1) is 0 Å². The number of likely N-dealkylation sites (tertiary alicyclic amines) is 1. The van der Waals surface area contributed by atoms with Crippen molar-refractivity contribution in [3.63, 3.8) is 0 Å². The Morgan fingerprint density at radius 3 is 3.00 bits per heavy atom. The number of H-pyrrole nitrogens is 1. The van der Waals surface area contributed by atoms with Gasteiger partial charge in [0.2, 0.25) is 0 Å². The van der Waals surface area contributed by atoms with Crippen molar-refractivity contribution in [3.05, 3.63) is 36.2 Å². The molecule has 0 bridgehead atoms. The molecule has 128 valence electrons. The van der Waals surface area contributed by atoms with Crippen molar-refractivity contribution in [2.24, 2.45) is 0 Å². The Labute approximate surface area is 142 Å². The highest BCUT2D eigenvalue weighted by atomic mass is 16.2. The van der Waals surface area contributed by atoms with E-state index in [0.717, 1.165) is 56.0 Å². The molecular formula is C18H25N5O. The monoisotopic (exact) mass is 327 g/mol. The number of carbonyl (C=O) groups excluding carboxylic acids is 1. The number of benzene rings is 1. The molecule has 0 aliphatic carbocycles. The Morgan fingerprint density at radius 1 is 1.38 bits per heavy atom. The van der Waals surface area contributed by atoms with Gasteiger partial charge in [0.15, 0.2) is 5.82 Å². The number of nitrogens with zero attached hydrogens (tertiary/aromatic N) is 3. The molecule has 2 N–H and O–H groups in total. The van der Waals surface area contributed by atoms with Gasteiger partial charge in [-0.25, -0.2) is 9.78 Å². The normalized spacial score (nSPS) is 17.7. The Balaban J connectivity index is 1.63. The number of nitrogens with one attached hydrogen (secondary N) is 2. The van der Waals surface area contributed by atoms with Crippen LogP contribution in [0.25, 0.3) is 11.4 Å². The summed E-state index contributed by atoms with van der Waals surface area (Å²) in [6, 6.07) is 9.98. The Kier molecular flexibility index (Phi) is 5.46. The molecule has 1 unspecified atom stereocenters. The molecule has 2 amide bonds. The van der Waals surface area contributed by atoms with Gasteiger partial charge in [-0.05, 0) is 19.3 Å². The predicted octanol–water partition coefficient (Wildman–Crippen LogP) is 3.16. The SMILES string of the molecule is CCCCNC(=O)N1CCCC(c2nc(-c3ccccc3)n[nH]2)C1. The quantitative estimate of drug-likeness (QED) is 0.828. The van der Waals surface area contributed by atoms with Gasteiger partial charge in [0.25, 0.3) is 0 Å². The molecule has 1 aliphatic heterocycles. The second-order valence-electron chi connectivity index (χ2n) is 6.28. The van der Waals surface area contributed by atoms with Gasteiger partial charge in [0, 0.05) is 31.1 Å². The van der Waals surface area contributed by atoms with E-state index in [1.165, 1.54) is 0 Å². The highest BCUT2D eigenvalue weighted by molar-refractivity contribution is 5.74. The molecule has 6 nitrogen and oxygen atoms in total. The van der Waals surface area contributed by atoms with Gasteiger partial charge in [-0.2, -0.15) is 5.10 Å². The zero-order chi connectivity index (χ0) is 16.8. The van der Waals surface area contributed by atoms with E-state index >= 15 is 0 Å². The van der Waals surface area contributed by atoms with Crippen molar-refractivity contribution in [1.82, 2.24) is 25.4 Å². The molecule has 24 heavy (non-hydrogen) atoms. The number of hydrogen-bond acceptors (Lipinski definition) is 3. The fourth-order valence-corrected chi connectivity index (χ4v) is 3.04. The topological polar surface area (TPSA) is 73.9 Å². The highest BCUT2D eigenvalue weighted by Gasteiger charge is 2.26. The number of piperidine rings is 1. The molecule has 6 heteroatoms. The van der Waals surface area contributed by atoms with Crippen molar-refractivity contribution in [3.8, 4) is 11.4 Å². The van der Waals surface area contributed by atoms with E-state index in [1.54, 1.807) is 0 Å². The molecule has 1 aromatic heterocycles. The van der Waals surface area contributed by atoms with E-state index in [0.29, 0.717) is 6.54 Å². The van der Waals surface area contributed by atoms with Crippen LogP contribution in [0.2, 0.25) is 0 Å². The van der Waals surface area contributed by atoms with Crippen molar-refractivity contribution in [2.45, 2.75) is 38.5 Å². The fraction of sp³-hybridized carbons (Fsp3) is 0.500. The molecule has 0 radical (unpaired) electrons. The predicted molar refractivity (Wildman–Crippen MR) is 93.7 cm³/mol. The van der Waals surface area contributed by atoms with Gasteiger partial charge < -0.3 is 10.2 Å². The van der Waals surface area contributed by atoms with Crippen LogP contribution in [0.5, 0.6) is 0 Å². The highest BCUT2D eigenvalue weighted by Crippen LogP contribution is 2.26. The number of aromatic amines is 1. The molecule has 1 fully saturated rings. The molecule has 0 saturated carbocycles. The number of rotatable bonds is 5. The lowest BCUT2D eigenvalue weighted by Crippen LogP contribution is -2.45. The zero-order valence-corrected chi connectivity index (χ0v) is 14.2. The molecule has 1 aromatic carbocycles. The zero-order valence-electron chi connectivity index (χ0n) is 14.2. The Bertz CT molecular complexity index is 654. The van der Waals surface area contributed by atoms with Crippen LogP contribution in [0.4, 0.5) is 4.79 Å². The third kappa shape index (κ3) is 3.93. The lowest BCUT2D eigenvalue weighted by molar-refractivity contribution is 0.178. The average molecular weight is 327 g/mol. The third-order valence-corrected chi connectivity index (χ3v) is 4.44. The lowest BCUT2D eigenvalue weighted by atomic mass is 9.97. The minimum atomic E-state index is 0.0379. The molecule has 0 spiro atoms. The van der Waals surface area contributed by atoms with E-state index in [2.05, 4.69) is 27.4 Å². The Morgan fingerprint density at radius 2 is 2.21 bits per heavy atom. The van der Waals surface area contributed by atoms with Gasteiger partial charge in [-0.3, -0.25) is 5.10 Å². The molecule has 1 aliphatic rings. The van der Waals surface area contributed by atoms with Crippen molar-refractivity contribution in [2.75, 3.05) is 19.6 Å². The lowest BCUT2D eigenvalue weighted by Gasteiger charge is -2.31. The van der Waals surface area contributed by atoms with Gasteiger partial charge in [0.1, 0.15) is 5.82 Å². The summed E-state index contributed by atoms with van der Waals surface area (Å²) in [5.41, 5.74) is 1.00. The summed E-state index contributed by atoms with van der Waals surface area (Å²) < 4.78 is 0. The van der Waals surface area contributed by atoms with E-state index in [-0.39, 0.29) is 11.9 Å². The van der Waals surface area contributed by atoms with Crippen molar-refractivity contribution in [1.29, 1.82) is 0 Å². The third-order valence-electron chi connectivity index (χ3n) is 4.44. The fourth-order valence-electron chi connectivity index (χ4n) is 3.04.